The number of anilines is 1. The van der Waals surface area contributed by atoms with Crippen molar-refractivity contribution in [3.63, 3.8) is 0 Å². The molecule has 1 aromatic rings. The van der Waals surface area contributed by atoms with Crippen molar-refractivity contribution in [1.82, 2.24) is 10.2 Å². The minimum Gasteiger partial charge on any atom is -0.377 e. The fraction of sp³-hybridized carbons (Fsp3) is 0.750. The summed E-state index contributed by atoms with van der Waals surface area (Å²) in [5, 5.41) is 11.1. The van der Waals surface area contributed by atoms with Crippen LogP contribution in [0.5, 0.6) is 0 Å². The molecule has 0 aliphatic carbocycles. The average molecular weight is 278 g/mol. The number of nitrogens with zero attached hydrogens (tertiary/aromatic N) is 3. The smallest absolute Gasteiger partial charge is 0.208 e. The summed E-state index contributed by atoms with van der Waals surface area (Å²) < 4.78 is 5.42. The van der Waals surface area contributed by atoms with Gasteiger partial charge in [0.1, 0.15) is 5.01 Å². The second-order valence-corrected chi connectivity index (χ2v) is 4.99. The van der Waals surface area contributed by atoms with E-state index in [4.69, 9.17) is 4.74 Å². The van der Waals surface area contributed by atoms with Crippen molar-refractivity contribution in [3.05, 3.63) is 5.01 Å². The fourth-order valence-electron chi connectivity index (χ4n) is 1.44. The predicted molar refractivity (Wildman–Crippen MR) is 60.4 cm³/mol. The van der Waals surface area contributed by atoms with Crippen LogP contribution < -0.4 is 4.90 Å². The maximum atomic E-state index is 5.42. The molecule has 0 bridgehead atoms. The molecule has 0 spiro atoms. The lowest BCUT2D eigenvalue weighted by Crippen LogP contribution is -2.46. The zero-order valence-corrected chi connectivity index (χ0v) is 10.3. The highest BCUT2D eigenvalue weighted by Crippen LogP contribution is 2.24. The second-order valence-electron chi connectivity index (χ2n) is 3.18. The van der Waals surface area contributed by atoms with Crippen molar-refractivity contribution >= 4 is 32.4 Å². The molecule has 1 unspecified atom stereocenters. The van der Waals surface area contributed by atoms with Crippen LogP contribution in [0.25, 0.3) is 0 Å². The van der Waals surface area contributed by atoms with Crippen molar-refractivity contribution < 1.29 is 4.74 Å². The highest BCUT2D eigenvalue weighted by Gasteiger charge is 2.24. The van der Waals surface area contributed by atoms with Crippen LogP contribution in [0, 0.1) is 6.92 Å². The molecule has 2 rings (SSSR count). The van der Waals surface area contributed by atoms with Gasteiger partial charge < -0.3 is 9.64 Å². The first kappa shape index (κ1) is 10.3. The van der Waals surface area contributed by atoms with Gasteiger partial charge in [0.15, 0.2) is 0 Å². The molecule has 0 N–H and O–H groups in total. The molecule has 2 heterocycles. The lowest BCUT2D eigenvalue weighted by molar-refractivity contribution is 0.100. The maximum Gasteiger partial charge on any atom is 0.208 e. The van der Waals surface area contributed by atoms with Gasteiger partial charge in [0.05, 0.1) is 19.3 Å². The number of aromatic nitrogens is 2. The monoisotopic (exact) mass is 277 g/mol. The van der Waals surface area contributed by atoms with Crippen molar-refractivity contribution in [2.24, 2.45) is 0 Å². The Morgan fingerprint density at radius 2 is 2.50 bits per heavy atom. The van der Waals surface area contributed by atoms with Gasteiger partial charge in [-0.3, -0.25) is 0 Å². The Morgan fingerprint density at radius 1 is 1.64 bits per heavy atom. The quantitative estimate of drug-likeness (QED) is 0.767. The summed E-state index contributed by atoms with van der Waals surface area (Å²) >= 11 is 5.13. The second kappa shape index (κ2) is 4.55. The minimum absolute atomic E-state index is 0.385. The van der Waals surface area contributed by atoms with Gasteiger partial charge in [0, 0.05) is 11.9 Å². The molecule has 1 saturated heterocycles. The van der Waals surface area contributed by atoms with Crippen LogP contribution in [0.2, 0.25) is 0 Å². The molecule has 1 aliphatic rings. The molecule has 14 heavy (non-hydrogen) atoms. The Bertz CT molecular complexity index is 307. The first-order chi connectivity index (χ1) is 6.81. The zero-order valence-electron chi connectivity index (χ0n) is 7.94. The van der Waals surface area contributed by atoms with Gasteiger partial charge in [-0.2, -0.15) is 0 Å². The van der Waals surface area contributed by atoms with E-state index >= 15 is 0 Å². The van der Waals surface area contributed by atoms with Crippen molar-refractivity contribution in [2.45, 2.75) is 13.0 Å². The Hall–Kier alpha value is -0.200. The standard InChI is InChI=1S/C8H12BrN3OS/c1-6-10-11-8(14-6)12-2-3-13-5-7(12)4-9/h7H,2-5H2,1H3. The summed E-state index contributed by atoms with van der Waals surface area (Å²) in [5.41, 5.74) is 0. The van der Waals surface area contributed by atoms with Crippen LogP contribution in [0.3, 0.4) is 0 Å². The van der Waals surface area contributed by atoms with Gasteiger partial charge >= 0.3 is 0 Å². The van der Waals surface area contributed by atoms with Crippen LogP contribution >= 0.6 is 27.3 Å². The van der Waals surface area contributed by atoms with E-state index in [-0.39, 0.29) is 0 Å². The summed E-state index contributed by atoms with van der Waals surface area (Å²) in [6, 6.07) is 0.385. The zero-order chi connectivity index (χ0) is 9.97. The summed E-state index contributed by atoms with van der Waals surface area (Å²) in [5.74, 6) is 0. The summed E-state index contributed by atoms with van der Waals surface area (Å²) in [6.07, 6.45) is 0. The highest BCUT2D eigenvalue weighted by atomic mass is 79.9. The van der Waals surface area contributed by atoms with Crippen molar-refractivity contribution in [3.8, 4) is 0 Å². The Kier molecular flexibility index (Phi) is 3.35. The van der Waals surface area contributed by atoms with Crippen LogP contribution in [-0.2, 0) is 4.74 Å². The van der Waals surface area contributed by atoms with Gasteiger partial charge in [-0.15, -0.1) is 10.2 Å². The molecule has 1 atom stereocenters. The Morgan fingerprint density at radius 3 is 3.14 bits per heavy atom. The molecule has 1 aromatic heterocycles. The largest absolute Gasteiger partial charge is 0.377 e. The van der Waals surface area contributed by atoms with E-state index < -0.39 is 0 Å². The number of aryl methyl sites for hydroxylation is 1. The van der Waals surface area contributed by atoms with Crippen molar-refractivity contribution in [2.75, 3.05) is 30.0 Å². The SMILES string of the molecule is Cc1nnc(N2CCOCC2CBr)s1. The molecular formula is C8H12BrN3OS. The van der Waals surface area contributed by atoms with Gasteiger partial charge in [0.25, 0.3) is 0 Å². The van der Waals surface area contributed by atoms with Gasteiger partial charge in [-0.25, -0.2) is 0 Å². The normalized spacial score (nSPS) is 22.7. The first-order valence-electron chi connectivity index (χ1n) is 4.51. The summed E-state index contributed by atoms with van der Waals surface area (Å²) in [6.45, 7) is 4.43. The number of rotatable bonds is 2. The van der Waals surface area contributed by atoms with E-state index in [9.17, 15) is 0 Å². The molecule has 1 aliphatic heterocycles. The van der Waals surface area contributed by atoms with Crippen LogP contribution in [0.1, 0.15) is 5.01 Å². The Balaban J connectivity index is 2.14. The number of alkyl halides is 1. The molecule has 0 saturated carbocycles. The first-order valence-corrected chi connectivity index (χ1v) is 6.45. The van der Waals surface area contributed by atoms with E-state index in [0.29, 0.717) is 6.04 Å². The van der Waals surface area contributed by atoms with E-state index in [2.05, 4.69) is 31.0 Å². The molecule has 0 amide bonds. The number of halogens is 1. The Labute approximate surface area is 95.4 Å². The molecule has 0 aromatic carbocycles. The van der Waals surface area contributed by atoms with Gasteiger partial charge in [0.2, 0.25) is 5.13 Å². The van der Waals surface area contributed by atoms with E-state index in [0.717, 1.165) is 35.2 Å². The van der Waals surface area contributed by atoms with Gasteiger partial charge in [-0.05, 0) is 6.92 Å². The molecule has 4 nitrogen and oxygen atoms in total. The number of hydrogen-bond acceptors (Lipinski definition) is 5. The third-order valence-electron chi connectivity index (χ3n) is 2.17. The highest BCUT2D eigenvalue weighted by molar-refractivity contribution is 9.09. The molecule has 6 heteroatoms. The van der Waals surface area contributed by atoms with Crippen LogP contribution in [-0.4, -0.2) is 41.3 Å². The molecular weight excluding hydrogens is 266 g/mol. The van der Waals surface area contributed by atoms with E-state index in [1.165, 1.54) is 0 Å². The molecule has 1 fully saturated rings. The van der Waals surface area contributed by atoms with Crippen molar-refractivity contribution in [1.29, 1.82) is 0 Å². The predicted octanol–water partition coefficient (Wildman–Crippen LogP) is 1.45. The van der Waals surface area contributed by atoms with E-state index in [1.54, 1.807) is 11.3 Å². The van der Waals surface area contributed by atoms with E-state index in [1.807, 2.05) is 6.92 Å². The maximum absolute atomic E-state index is 5.42. The molecule has 0 radical (unpaired) electrons. The van der Waals surface area contributed by atoms with Gasteiger partial charge in [-0.1, -0.05) is 27.3 Å². The average Bonchev–Trinajstić information content (AvgIpc) is 2.65. The number of morpholine rings is 1. The third-order valence-corrected chi connectivity index (χ3v) is 3.79. The third kappa shape index (κ3) is 2.07. The fourth-order valence-corrected chi connectivity index (χ4v) is 2.76. The molecule has 78 valence electrons. The summed E-state index contributed by atoms with van der Waals surface area (Å²) in [4.78, 5) is 2.27. The number of ether oxygens (including phenoxy) is 1. The lowest BCUT2D eigenvalue weighted by atomic mass is 10.3. The topological polar surface area (TPSA) is 38.2 Å². The van der Waals surface area contributed by atoms with Crippen LogP contribution in [0.4, 0.5) is 5.13 Å². The lowest BCUT2D eigenvalue weighted by Gasteiger charge is -2.33. The van der Waals surface area contributed by atoms with Crippen LogP contribution in [0.15, 0.2) is 0 Å². The number of hydrogen-bond donors (Lipinski definition) is 0. The minimum atomic E-state index is 0.385. The summed E-state index contributed by atoms with van der Waals surface area (Å²) in [7, 11) is 0.